The van der Waals surface area contributed by atoms with Crippen molar-refractivity contribution < 1.29 is 9.72 Å². The van der Waals surface area contributed by atoms with Crippen molar-refractivity contribution >= 4 is 17.4 Å². The third-order valence-electron chi connectivity index (χ3n) is 4.66. The fourth-order valence-corrected chi connectivity index (χ4v) is 3.14. The van der Waals surface area contributed by atoms with Crippen LogP contribution in [0.1, 0.15) is 19.8 Å². The van der Waals surface area contributed by atoms with E-state index in [0.717, 1.165) is 51.3 Å². The van der Waals surface area contributed by atoms with Crippen LogP contribution in [-0.4, -0.2) is 70.9 Å². The van der Waals surface area contributed by atoms with Gasteiger partial charge in [-0.3, -0.25) is 9.69 Å². The average Bonchev–Trinajstić information content (AvgIpc) is 3.41. The van der Waals surface area contributed by atoms with Crippen LogP contribution in [0.5, 0.6) is 0 Å². The molecule has 0 atom stereocenters. The van der Waals surface area contributed by atoms with Gasteiger partial charge in [-0.25, -0.2) is 0 Å². The first kappa shape index (κ1) is 16.6. The first-order valence-electron chi connectivity index (χ1n) is 8.45. The van der Waals surface area contributed by atoms with E-state index in [1.165, 1.54) is 6.07 Å². The number of aromatic nitrogens is 1. The van der Waals surface area contributed by atoms with E-state index in [2.05, 4.69) is 14.8 Å². The number of amides is 1. The minimum atomic E-state index is -0.493. The molecule has 130 valence electrons. The summed E-state index contributed by atoms with van der Waals surface area (Å²) in [4.78, 5) is 32.7. The largest absolute Gasteiger partial charge is 0.366 e. The maximum atomic E-state index is 12.4. The number of hydrogen-bond acceptors (Lipinski definition) is 6. The number of piperazine rings is 1. The third kappa shape index (κ3) is 3.81. The van der Waals surface area contributed by atoms with Gasteiger partial charge in [0.05, 0.1) is 12.2 Å². The topological polar surface area (TPSA) is 82.8 Å². The Kier molecular flexibility index (Phi) is 4.94. The molecule has 2 heterocycles. The lowest BCUT2D eigenvalue weighted by Crippen LogP contribution is -2.50. The van der Waals surface area contributed by atoms with Crippen molar-refractivity contribution in [2.24, 2.45) is 0 Å². The molecule has 8 heteroatoms. The van der Waals surface area contributed by atoms with Crippen LogP contribution in [0.2, 0.25) is 0 Å². The van der Waals surface area contributed by atoms with Gasteiger partial charge in [-0.15, -0.1) is 0 Å². The summed E-state index contributed by atoms with van der Waals surface area (Å²) in [5.41, 5.74) is 0.889. The second-order valence-corrected chi connectivity index (χ2v) is 6.31. The van der Waals surface area contributed by atoms with Crippen molar-refractivity contribution in [3.8, 4) is 0 Å². The molecule has 1 aromatic heterocycles. The summed E-state index contributed by atoms with van der Waals surface area (Å²) in [6.07, 6.45) is 3.83. The number of pyridine rings is 1. The van der Waals surface area contributed by atoms with Gasteiger partial charge >= 0.3 is 5.82 Å². The van der Waals surface area contributed by atoms with E-state index in [9.17, 15) is 14.9 Å². The zero-order valence-corrected chi connectivity index (χ0v) is 13.9. The Bertz CT molecular complexity index is 594. The van der Waals surface area contributed by atoms with Gasteiger partial charge in [0, 0.05) is 44.8 Å². The first-order valence-corrected chi connectivity index (χ1v) is 8.45. The molecule has 0 radical (unpaired) electrons. The Morgan fingerprint density at radius 2 is 2.04 bits per heavy atom. The number of nitrogens with zero attached hydrogens (tertiary/aromatic N) is 5. The Labute approximate surface area is 141 Å². The number of nitro groups is 1. The summed E-state index contributed by atoms with van der Waals surface area (Å²) in [7, 11) is 0. The van der Waals surface area contributed by atoms with Crippen LogP contribution in [-0.2, 0) is 4.79 Å². The van der Waals surface area contributed by atoms with E-state index < -0.39 is 4.92 Å². The molecule has 0 unspecified atom stereocenters. The molecule has 3 rings (SSSR count). The van der Waals surface area contributed by atoms with Crippen LogP contribution in [0.3, 0.4) is 0 Å². The molecule has 1 amide bonds. The van der Waals surface area contributed by atoms with Gasteiger partial charge in [0.2, 0.25) is 5.91 Å². The molecule has 1 aromatic rings. The van der Waals surface area contributed by atoms with Crippen molar-refractivity contribution in [3.63, 3.8) is 0 Å². The van der Waals surface area contributed by atoms with Crippen LogP contribution in [0.25, 0.3) is 0 Å². The summed E-state index contributed by atoms with van der Waals surface area (Å²) in [5, 5.41) is 10.7. The molecule has 2 aliphatic rings. The minimum Gasteiger partial charge on any atom is -0.366 e. The van der Waals surface area contributed by atoms with Crippen molar-refractivity contribution in [1.29, 1.82) is 0 Å². The van der Waals surface area contributed by atoms with Crippen molar-refractivity contribution in [3.05, 3.63) is 28.4 Å². The van der Waals surface area contributed by atoms with Crippen molar-refractivity contribution in [2.45, 2.75) is 25.8 Å². The summed E-state index contributed by atoms with van der Waals surface area (Å²) >= 11 is 0. The van der Waals surface area contributed by atoms with E-state index in [-0.39, 0.29) is 11.7 Å². The first-order chi connectivity index (χ1) is 11.6. The zero-order valence-electron chi connectivity index (χ0n) is 13.9. The molecular formula is C16H23N5O3. The molecule has 0 N–H and O–H groups in total. The standard InChI is InChI=1S/C16H23N5O3/c1-2-20(13-3-4-13)16(22)12-18-7-9-19(10-8-18)14-5-6-15(17-11-14)21(23)24/h5-6,11,13H,2-4,7-10,12H2,1H3. The predicted octanol–water partition coefficient (Wildman–Crippen LogP) is 1.12. The highest BCUT2D eigenvalue weighted by Gasteiger charge is 2.32. The molecule has 1 aliphatic heterocycles. The molecule has 0 spiro atoms. The highest BCUT2D eigenvalue weighted by molar-refractivity contribution is 5.79. The van der Waals surface area contributed by atoms with Gasteiger partial charge in [-0.2, -0.15) is 0 Å². The van der Waals surface area contributed by atoms with E-state index in [1.807, 2.05) is 11.8 Å². The number of anilines is 1. The average molecular weight is 333 g/mol. The highest BCUT2D eigenvalue weighted by Crippen LogP contribution is 2.26. The van der Waals surface area contributed by atoms with Gasteiger partial charge < -0.3 is 19.9 Å². The van der Waals surface area contributed by atoms with E-state index >= 15 is 0 Å². The third-order valence-corrected chi connectivity index (χ3v) is 4.66. The summed E-state index contributed by atoms with van der Waals surface area (Å²) in [6.45, 7) is 6.52. The summed E-state index contributed by atoms with van der Waals surface area (Å²) in [5.74, 6) is 0.0909. The van der Waals surface area contributed by atoms with Crippen molar-refractivity contribution in [2.75, 3.05) is 44.2 Å². The number of rotatable bonds is 6. The van der Waals surface area contributed by atoms with Gasteiger partial charge in [-0.1, -0.05) is 0 Å². The van der Waals surface area contributed by atoms with Gasteiger partial charge in [0.1, 0.15) is 0 Å². The maximum Gasteiger partial charge on any atom is 0.363 e. The molecule has 0 aromatic carbocycles. The van der Waals surface area contributed by atoms with Crippen LogP contribution in [0.4, 0.5) is 11.5 Å². The molecule has 8 nitrogen and oxygen atoms in total. The molecular weight excluding hydrogens is 310 g/mol. The minimum absolute atomic E-state index is 0.136. The second-order valence-electron chi connectivity index (χ2n) is 6.31. The van der Waals surface area contributed by atoms with E-state index in [1.54, 1.807) is 12.3 Å². The smallest absolute Gasteiger partial charge is 0.363 e. The highest BCUT2D eigenvalue weighted by atomic mass is 16.6. The normalized spacial score (nSPS) is 18.5. The lowest BCUT2D eigenvalue weighted by molar-refractivity contribution is -0.389. The van der Waals surface area contributed by atoms with Gasteiger partial charge in [0.15, 0.2) is 6.20 Å². The molecule has 0 bridgehead atoms. The maximum absolute atomic E-state index is 12.4. The lowest BCUT2D eigenvalue weighted by atomic mass is 10.2. The van der Waals surface area contributed by atoms with Crippen LogP contribution >= 0.6 is 0 Å². The second kappa shape index (κ2) is 7.12. The van der Waals surface area contributed by atoms with Crippen LogP contribution in [0.15, 0.2) is 18.3 Å². The molecule has 1 aliphatic carbocycles. The molecule has 2 fully saturated rings. The fourth-order valence-electron chi connectivity index (χ4n) is 3.14. The van der Waals surface area contributed by atoms with E-state index in [4.69, 9.17) is 0 Å². The lowest BCUT2D eigenvalue weighted by Gasteiger charge is -2.36. The van der Waals surface area contributed by atoms with Crippen LogP contribution < -0.4 is 4.90 Å². The zero-order chi connectivity index (χ0) is 17.1. The van der Waals surface area contributed by atoms with Crippen LogP contribution in [0, 0.1) is 10.1 Å². The Morgan fingerprint density at radius 3 is 2.54 bits per heavy atom. The monoisotopic (exact) mass is 333 g/mol. The Morgan fingerprint density at radius 1 is 1.33 bits per heavy atom. The molecule has 24 heavy (non-hydrogen) atoms. The fraction of sp³-hybridized carbons (Fsp3) is 0.625. The quantitative estimate of drug-likeness (QED) is 0.573. The van der Waals surface area contributed by atoms with Crippen molar-refractivity contribution in [1.82, 2.24) is 14.8 Å². The predicted molar refractivity (Wildman–Crippen MR) is 90.0 cm³/mol. The van der Waals surface area contributed by atoms with E-state index in [0.29, 0.717) is 12.6 Å². The number of likely N-dealkylation sites (N-methyl/N-ethyl adjacent to an activating group) is 1. The number of carbonyl (C=O) groups is 1. The number of hydrogen-bond donors (Lipinski definition) is 0. The summed E-state index contributed by atoms with van der Waals surface area (Å²) in [6, 6.07) is 3.63. The van der Waals surface area contributed by atoms with Gasteiger partial charge in [-0.05, 0) is 35.7 Å². The molecule has 1 saturated carbocycles. The SMILES string of the molecule is CCN(C(=O)CN1CCN(c2ccc([N+](=O)[O-])nc2)CC1)C1CC1. The summed E-state index contributed by atoms with van der Waals surface area (Å²) < 4.78 is 0. The Hall–Kier alpha value is -2.22. The number of carbonyl (C=O) groups excluding carboxylic acids is 1. The Balaban J connectivity index is 1.50. The van der Waals surface area contributed by atoms with Gasteiger partial charge in [0.25, 0.3) is 0 Å². The molecule has 1 saturated heterocycles.